The fourth-order valence-corrected chi connectivity index (χ4v) is 2.06. The Labute approximate surface area is 131 Å². The van der Waals surface area contributed by atoms with Gasteiger partial charge in [-0.1, -0.05) is 0 Å². The third-order valence-corrected chi connectivity index (χ3v) is 3.13. The number of alkyl halides is 3. The molecular weight excluding hydrogens is 337 g/mol. The van der Waals surface area contributed by atoms with Crippen LogP contribution in [0, 0.1) is 23.0 Å². The van der Waals surface area contributed by atoms with Gasteiger partial charge in [0.25, 0.3) is 0 Å². The number of aromatic nitrogens is 1. The number of benzene rings is 1. The van der Waals surface area contributed by atoms with Gasteiger partial charge in [-0.15, -0.1) is 0 Å². The number of carbonyl (C=O) groups is 1. The normalized spacial score (nSPS) is 11.2. The zero-order chi connectivity index (χ0) is 18.2. The first kappa shape index (κ1) is 17.3. The lowest BCUT2D eigenvalue weighted by Crippen LogP contribution is -2.15. The first-order chi connectivity index (χ1) is 11.1. The number of ether oxygens (including phenoxy) is 1. The van der Waals surface area contributed by atoms with Gasteiger partial charge in [0.2, 0.25) is 0 Å². The minimum Gasteiger partial charge on any atom is -0.464 e. The molecule has 0 bridgehead atoms. The molecule has 2 rings (SSSR count). The maximum atomic E-state index is 14.2. The standard InChI is InChI=1S/C14H8F5N3O2/c1-24-13(23)12-11(21)6(4-20)5-22(12)9-3-7(15)2-8(10(9)16)14(17,18)19/h2-3,5H,21H2,1H3. The van der Waals surface area contributed by atoms with Crippen molar-refractivity contribution in [2.24, 2.45) is 0 Å². The number of nitrogens with two attached hydrogens (primary N) is 1. The van der Waals surface area contributed by atoms with E-state index in [-0.39, 0.29) is 11.6 Å². The highest BCUT2D eigenvalue weighted by Crippen LogP contribution is 2.35. The Hall–Kier alpha value is -3.09. The number of hydrogen-bond acceptors (Lipinski definition) is 4. The Bertz CT molecular complexity index is 865. The van der Waals surface area contributed by atoms with Gasteiger partial charge in [0, 0.05) is 12.3 Å². The second kappa shape index (κ2) is 5.84. The molecule has 0 unspecified atom stereocenters. The van der Waals surface area contributed by atoms with Crippen molar-refractivity contribution in [1.29, 1.82) is 5.26 Å². The highest BCUT2D eigenvalue weighted by molar-refractivity contribution is 5.96. The lowest BCUT2D eigenvalue weighted by molar-refractivity contribution is -0.140. The molecule has 0 fully saturated rings. The number of nitrogen functional groups attached to an aromatic ring is 1. The summed E-state index contributed by atoms with van der Waals surface area (Å²) in [6, 6.07) is 2.01. The number of nitriles is 1. The van der Waals surface area contributed by atoms with Crippen molar-refractivity contribution in [2.45, 2.75) is 6.18 Å². The second-order valence-corrected chi connectivity index (χ2v) is 4.56. The smallest absolute Gasteiger partial charge is 0.419 e. The molecule has 0 atom stereocenters. The third kappa shape index (κ3) is 2.76. The summed E-state index contributed by atoms with van der Waals surface area (Å²) in [5.41, 5.74) is 1.43. The van der Waals surface area contributed by atoms with Crippen molar-refractivity contribution in [2.75, 3.05) is 12.8 Å². The van der Waals surface area contributed by atoms with Gasteiger partial charge in [-0.05, 0) is 6.07 Å². The van der Waals surface area contributed by atoms with Crippen molar-refractivity contribution in [1.82, 2.24) is 4.57 Å². The Morgan fingerprint density at radius 3 is 2.46 bits per heavy atom. The number of anilines is 1. The summed E-state index contributed by atoms with van der Waals surface area (Å²) >= 11 is 0. The number of hydrogen-bond donors (Lipinski definition) is 1. The molecule has 0 amide bonds. The molecule has 1 heterocycles. The van der Waals surface area contributed by atoms with Crippen LogP contribution in [0.5, 0.6) is 0 Å². The van der Waals surface area contributed by atoms with E-state index < -0.39 is 46.4 Å². The molecule has 0 spiro atoms. The third-order valence-electron chi connectivity index (χ3n) is 3.13. The van der Waals surface area contributed by atoms with Crippen LogP contribution in [0.2, 0.25) is 0 Å². The van der Waals surface area contributed by atoms with Crippen LogP contribution in [0.25, 0.3) is 5.69 Å². The summed E-state index contributed by atoms with van der Waals surface area (Å²) < 4.78 is 71.2. The minimum atomic E-state index is -5.16. The highest BCUT2D eigenvalue weighted by Gasteiger charge is 2.37. The molecule has 24 heavy (non-hydrogen) atoms. The molecule has 5 nitrogen and oxygen atoms in total. The number of esters is 1. The SMILES string of the molecule is COC(=O)c1c(N)c(C#N)cn1-c1cc(F)cc(C(F)(F)F)c1F. The predicted octanol–water partition coefficient (Wildman–Crippen LogP) is 3.01. The maximum Gasteiger partial charge on any atom is 0.419 e. The lowest BCUT2D eigenvalue weighted by atomic mass is 10.1. The van der Waals surface area contributed by atoms with Gasteiger partial charge in [0.1, 0.15) is 11.9 Å². The van der Waals surface area contributed by atoms with Crippen LogP contribution in [0.4, 0.5) is 27.6 Å². The van der Waals surface area contributed by atoms with Crippen molar-refractivity contribution < 1.29 is 31.5 Å². The van der Waals surface area contributed by atoms with Gasteiger partial charge < -0.3 is 15.0 Å². The lowest BCUT2D eigenvalue weighted by Gasteiger charge is -2.14. The van der Waals surface area contributed by atoms with E-state index in [0.29, 0.717) is 10.6 Å². The Balaban J connectivity index is 2.86. The number of carbonyl (C=O) groups excluding carboxylic acids is 1. The molecule has 2 N–H and O–H groups in total. The zero-order valence-corrected chi connectivity index (χ0v) is 11.9. The highest BCUT2D eigenvalue weighted by atomic mass is 19.4. The van der Waals surface area contributed by atoms with E-state index in [1.807, 2.05) is 0 Å². The summed E-state index contributed by atoms with van der Waals surface area (Å²) in [7, 11) is 0.953. The van der Waals surface area contributed by atoms with E-state index in [4.69, 9.17) is 11.0 Å². The number of rotatable bonds is 2. The summed E-state index contributed by atoms with van der Waals surface area (Å²) in [5.74, 6) is -4.35. The molecule has 0 saturated heterocycles. The van der Waals surface area contributed by atoms with E-state index in [1.54, 1.807) is 6.07 Å². The van der Waals surface area contributed by atoms with Crippen LogP contribution in [0.3, 0.4) is 0 Å². The zero-order valence-electron chi connectivity index (χ0n) is 11.9. The van der Waals surface area contributed by atoms with E-state index in [1.165, 1.54) is 0 Å². The van der Waals surface area contributed by atoms with Crippen molar-refractivity contribution in [3.63, 3.8) is 0 Å². The van der Waals surface area contributed by atoms with Crippen LogP contribution in [-0.4, -0.2) is 17.6 Å². The first-order valence-corrected chi connectivity index (χ1v) is 6.17. The van der Waals surface area contributed by atoms with Crippen molar-refractivity contribution in [3.8, 4) is 11.8 Å². The molecule has 1 aromatic carbocycles. The fourth-order valence-electron chi connectivity index (χ4n) is 2.06. The molecule has 2 aromatic rings. The van der Waals surface area contributed by atoms with Gasteiger partial charge in [-0.3, -0.25) is 0 Å². The summed E-state index contributed by atoms with van der Waals surface area (Å²) in [6.45, 7) is 0. The number of methoxy groups -OCH3 is 1. The molecule has 0 aliphatic rings. The van der Waals surface area contributed by atoms with Crippen LogP contribution >= 0.6 is 0 Å². The Morgan fingerprint density at radius 1 is 1.33 bits per heavy atom. The molecule has 126 valence electrons. The van der Waals surface area contributed by atoms with Crippen LogP contribution < -0.4 is 5.73 Å². The topological polar surface area (TPSA) is 81.0 Å². The van der Waals surface area contributed by atoms with E-state index in [0.717, 1.165) is 13.3 Å². The first-order valence-electron chi connectivity index (χ1n) is 6.17. The molecule has 0 aliphatic carbocycles. The van der Waals surface area contributed by atoms with Crippen molar-refractivity contribution >= 4 is 11.7 Å². The summed E-state index contributed by atoms with van der Waals surface area (Å²) in [6.07, 6.45) is -4.34. The average molecular weight is 345 g/mol. The average Bonchev–Trinajstić information content (AvgIpc) is 2.84. The maximum absolute atomic E-state index is 14.2. The van der Waals surface area contributed by atoms with Gasteiger partial charge in [0.05, 0.1) is 29.6 Å². The van der Waals surface area contributed by atoms with Crippen molar-refractivity contribution in [3.05, 3.63) is 46.8 Å². The quantitative estimate of drug-likeness (QED) is 0.670. The monoisotopic (exact) mass is 345 g/mol. The van der Waals surface area contributed by atoms with E-state index in [2.05, 4.69) is 4.74 Å². The molecule has 1 aromatic heterocycles. The largest absolute Gasteiger partial charge is 0.464 e. The number of halogens is 5. The molecule has 10 heteroatoms. The summed E-state index contributed by atoms with van der Waals surface area (Å²) in [4.78, 5) is 11.8. The summed E-state index contributed by atoms with van der Waals surface area (Å²) in [5, 5.41) is 8.92. The molecule has 0 saturated carbocycles. The molecule has 0 aliphatic heterocycles. The van der Waals surface area contributed by atoms with Crippen LogP contribution in [-0.2, 0) is 10.9 Å². The number of nitrogens with zero attached hydrogens (tertiary/aromatic N) is 2. The fraction of sp³-hybridized carbons (Fsp3) is 0.143. The molecule has 0 radical (unpaired) electrons. The Morgan fingerprint density at radius 2 is 1.96 bits per heavy atom. The van der Waals surface area contributed by atoms with Gasteiger partial charge >= 0.3 is 12.1 Å². The van der Waals surface area contributed by atoms with Gasteiger partial charge in [-0.25, -0.2) is 13.6 Å². The minimum absolute atomic E-state index is 0.0191. The van der Waals surface area contributed by atoms with Gasteiger partial charge in [-0.2, -0.15) is 18.4 Å². The second-order valence-electron chi connectivity index (χ2n) is 4.56. The molecular formula is C14H8F5N3O2. The van der Waals surface area contributed by atoms with Crippen LogP contribution in [0.15, 0.2) is 18.3 Å². The Kier molecular flexibility index (Phi) is 4.20. The van der Waals surface area contributed by atoms with Crippen LogP contribution in [0.1, 0.15) is 21.6 Å². The van der Waals surface area contributed by atoms with E-state index in [9.17, 15) is 26.7 Å². The van der Waals surface area contributed by atoms with Gasteiger partial charge in [0.15, 0.2) is 11.5 Å². The van der Waals surface area contributed by atoms with E-state index >= 15 is 0 Å². The predicted molar refractivity (Wildman–Crippen MR) is 71.2 cm³/mol.